The predicted molar refractivity (Wildman–Crippen MR) is 64.6 cm³/mol. The highest BCUT2D eigenvalue weighted by molar-refractivity contribution is 5.28. The quantitative estimate of drug-likeness (QED) is 0.764. The lowest BCUT2D eigenvalue weighted by Crippen LogP contribution is -2.28. The van der Waals surface area contributed by atoms with Crippen LogP contribution in [0.15, 0.2) is 12.3 Å². The van der Waals surface area contributed by atoms with E-state index in [0.29, 0.717) is 18.4 Å². The summed E-state index contributed by atoms with van der Waals surface area (Å²) in [6.45, 7) is 6.56. The van der Waals surface area contributed by atoms with Gasteiger partial charge >= 0.3 is 0 Å². The molecule has 90 valence electrons. The number of nitrogens with zero attached hydrogens (tertiary/aromatic N) is 2. The van der Waals surface area contributed by atoms with E-state index in [1.807, 2.05) is 13.8 Å². The second kappa shape index (κ2) is 6.27. The van der Waals surface area contributed by atoms with Gasteiger partial charge in [-0.2, -0.15) is 4.98 Å². The second-order valence-electron chi connectivity index (χ2n) is 3.87. The Bertz CT molecular complexity index is 313. The van der Waals surface area contributed by atoms with Crippen molar-refractivity contribution in [2.24, 2.45) is 5.73 Å². The van der Waals surface area contributed by atoms with Crippen LogP contribution in [-0.2, 0) is 0 Å². The van der Waals surface area contributed by atoms with Gasteiger partial charge in [-0.05, 0) is 20.3 Å². The van der Waals surface area contributed by atoms with Crippen molar-refractivity contribution in [3.05, 3.63) is 12.3 Å². The van der Waals surface area contributed by atoms with E-state index in [1.54, 1.807) is 12.3 Å². The number of nitrogens with two attached hydrogens (primary N) is 1. The van der Waals surface area contributed by atoms with Crippen molar-refractivity contribution in [3.63, 3.8) is 0 Å². The molecule has 5 nitrogen and oxygen atoms in total. The van der Waals surface area contributed by atoms with E-state index in [9.17, 15) is 0 Å². The average molecular weight is 224 g/mol. The molecule has 3 N–H and O–H groups in total. The van der Waals surface area contributed by atoms with Crippen LogP contribution in [0.4, 0.5) is 5.95 Å². The van der Waals surface area contributed by atoms with Gasteiger partial charge in [0.25, 0.3) is 0 Å². The molecule has 5 heteroatoms. The molecule has 0 spiro atoms. The lowest BCUT2D eigenvalue weighted by Gasteiger charge is -2.15. The molecule has 1 aromatic rings. The largest absolute Gasteiger partial charge is 0.475 e. The highest BCUT2D eigenvalue weighted by Crippen LogP contribution is 2.11. The molecule has 0 saturated carbocycles. The summed E-state index contributed by atoms with van der Waals surface area (Å²) in [5.74, 6) is 1.15. The fraction of sp³-hybridized carbons (Fsp3) is 0.636. The van der Waals surface area contributed by atoms with Crippen molar-refractivity contribution in [2.75, 3.05) is 11.9 Å². The Morgan fingerprint density at radius 2 is 2.25 bits per heavy atom. The van der Waals surface area contributed by atoms with Crippen LogP contribution in [-0.4, -0.2) is 28.7 Å². The third-order valence-corrected chi connectivity index (χ3v) is 2.10. The maximum Gasteiger partial charge on any atom is 0.226 e. The molecule has 1 heterocycles. The molecule has 0 aliphatic heterocycles. The maximum atomic E-state index is 5.60. The van der Waals surface area contributed by atoms with Crippen molar-refractivity contribution in [3.8, 4) is 5.88 Å². The van der Waals surface area contributed by atoms with Gasteiger partial charge in [-0.1, -0.05) is 6.92 Å². The summed E-state index contributed by atoms with van der Waals surface area (Å²) in [7, 11) is 0. The first kappa shape index (κ1) is 12.7. The smallest absolute Gasteiger partial charge is 0.226 e. The van der Waals surface area contributed by atoms with Crippen LogP contribution in [0.25, 0.3) is 0 Å². The highest BCUT2D eigenvalue weighted by atomic mass is 16.5. The van der Waals surface area contributed by atoms with E-state index in [4.69, 9.17) is 10.5 Å². The number of aromatic nitrogens is 2. The zero-order chi connectivity index (χ0) is 12.0. The summed E-state index contributed by atoms with van der Waals surface area (Å²) in [5, 5.41) is 3.16. The standard InChI is InChI=1S/C11H20N4O/c1-4-9(7-12)14-11-13-6-5-10(15-11)16-8(2)3/h5-6,8-9H,4,7,12H2,1-3H3,(H,13,14,15). The molecule has 0 radical (unpaired) electrons. The second-order valence-corrected chi connectivity index (χ2v) is 3.87. The average Bonchev–Trinajstić information content (AvgIpc) is 2.25. The highest BCUT2D eigenvalue weighted by Gasteiger charge is 2.06. The summed E-state index contributed by atoms with van der Waals surface area (Å²) in [4.78, 5) is 8.37. The minimum atomic E-state index is 0.110. The lowest BCUT2D eigenvalue weighted by atomic mass is 10.2. The first-order chi connectivity index (χ1) is 7.65. The zero-order valence-electron chi connectivity index (χ0n) is 10.1. The first-order valence-corrected chi connectivity index (χ1v) is 5.62. The molecule has 0 aliphatic carbocycles. The molecule has 1 rings (SSSR count). The molecular formula is C11H20N4O. The van der Waals surface area contributed by atoms with Crippen molar-refractivity contribution in [1.29, 1.82) is 0 Å². The van der Waals surface area contributed by atoms with Crippen LogP contribution in [0, 0.1) is 0 Å². The molecule has 0 fully saturated rings. The van der Waals surface area contributed by atoms with Crippen molar-refractivity contribution < 1.29 is 4.74 Å². The fourth-order valence-electron chi connectivity index (χ4n) is 1.23. The monoisotopic (exact) mass is 224 g/mol. The normalized spacial score (nSPS) is 12.6. The lowest BCUT2D eigenvalue weighted by molar-refractivity contribution is 0.232. The van der Waals surface area contributed by atoms with E-state index in [2.05, 4.69) is 22.2 Å². The van der Waals surface area contributed by atoms with Crippen LogP contribution in [0.3, 0.4) is 0 Å². The number of hydrogen-bond acceptors (Lipinski definition) is 5. The van der Waals surface area contributed by atoms with Crippen LogP contribution < -0.4 is 15.8 Å². The summed E-state index contributed by atoms with van der Waals surface area (Å²) in [6, 6.07) is 1.95. The molecule has 0 aromatic carbocycles. The van der Waals surface area contributed by atoms with Crippen molar-refractivity contribution in [1.82, 2.24) is 9.97 Å². The predicted octanol–water partition coefficient (Wildman–Crippen LogP) is 1.41. The Kier molecular flexibility index (Phi) is 4.98. The van der Waals surface area contributed by atoms with E-state index >= 15 is 0 Å². The maximum absolute atomic E-state index is 5.60. The summed E-state index contributed by atoms with van der Waals surface area (Å²) in [5.41, 5.74) is 5.60. The Morgan fingerprint density at radius 1 is 1.50 bits per heavy atom. The van der Waals surface area contributed by atoms with Gasteiger partial charge in [-0.15, -0.1) is 0 Å². The molecule has 1 unspecified atom stereocenters. The van der Waals surface area contributed by atoms with Gasteiger partial charge in [0.05, 0.1) is 6.10 Å². The molecule has 0 saturated heterocycles. The summed E-state index contributed by atoms with van der Waals surface area (Å²) in [6.07, 6.45) is 2.73. The van der Waals surface area contributed by atoms with Crippen LogP contribution in [0.5, 0.6) is 5.88 Å². The molecule has 16 heavy (non-hydrogen) atoms. The minimum absolute atomic E-state index is 0.110. The Balaban J connectivity index is 2.66. The van der Waals surface area contributed by atoms with Gasteiger partial charge in [-0.25, -0.2) is 4.98 Å². The summed E-state index contributed by atoms with van der Waals surface area (Å²) >= 11 is 0. The number of ether oxygens (including phenoxy) is 1. The van der Waals surface area contributed by atoms with Crippen LogP contribution in [0.1, 0.15) is 27.2 Å². The van der Waals surface area contributed by atoms with Crippen molar-refractivity contribution in [2.45, 2.75) is 39.3 Å². The van der Waals surface area contributed by atoms with Gasteiger partial charge in [0, 0.05) is 24.8 Å². The van der Waals surface area contributed by atoms with Gasteiger partial charge in [-0.3, -0.25) is 0 Å². The van der Waals surface area contributed by atoms with Gasteiger partial charge in [0.1, 0.15) is 0 Å². The first-order valence-electron chi connectivity index (χ1n) is 5.62. The SMILES string of the molecule is CCC(CN)Nc1nccc(OC(C)C)n1. The van der Waals surface area contributed by atoms with Gasteiger partial charge in [0.2, 0.25) is 11.8 Å². The van der Waals surface area contributed by atoms with Crippen LogP contribution in [0.2, 0.25) is 0 Å². The fourth-order valence-corrected chi connectivity index (χ4v) is 1.23. The molecule has 0 aliphatic rings. The summed E-state index contributed by atoms with van der Waals surface area (Å²) < 4.78 is 5.48. The Hall–Kier alpha value is -1.36. The number of rotatable bonds is 6. The topological polar surface area (TPSA) is 73.1 Å². The molecule has 1 atom stereocenters. The third-order valence-electron chi connectivity index (χ3n) is 2.10. The number of hydrogen-bond donors (Lipinski definition) is 2. The molecule has 1 aromatic heterocycles. The van der Waals surface area contributed by atoms with E-state index in [0.717, 1.165) is 6.42 Å². The zero-order valence-corrected chi connectivity index (χ0v) is 10.1. The molecular weight excluding hydrogens is 204 g/mol. The van der Waals surface area contributed by atoms with Crippen LogP contribution >= 0.6 is 0 Å². The number of nitrogens with one attached hydrogen (secondary N) is 1. The van der Waals surface area contributed by atoms with Crippen molar-refractivity contribution >= 4 is 5.95 Å². The van der Waals surface area contributed by atoms with E-state index in [-0.39, 0.29) is 12.1 Å². The van der Waals surface area contributed by atoms with E-state index < -0.39 is 0 Å². The minimum Gasteiger partial charge on any atom is -0.475 e. The molecule has 0 amide bonds. The number of anilines is 1. The Labute approximate surface area is 96.4 Å². The Morgan fingerprint density at radius 3 is 2.81 bits per heavy atom. The van der Waals surface area contributed by atoms with Gasteiger partial charge < -0.3 is 15.8 Å². The van der Waals surface area contributed by atoms with E-state index in [1.165, 1.54) is 0 Å². The molecule has 0 bridgehead atoms. The van der Waals surface area contributed by atoms with Gasteiger partial charge in [0.15, 0.2) is 0 Å². The third kappa shape index (κ3) is 4.02.